The van der Waals surface area contributed by atoms with Gasteiger partial charge in [0.05, 0.1) is 5.56 Å². The number of aromatic nitrogens is 1. The topological polar surface area (TPSA) is 48.0 Å². The van der Waals surface area contributed by atoms with Crippen molar-refractivity contribution in [3.63, 3.8) is 0 Å². The Morgan fingerprint density at radius 1 is 1.18 bits per heavy atom. The Balaban J connectivity index is 2.21. The molecule has 2 N–H and O–H groups in total. The molecule has 0 aliphatic heterocycles. The number of carbonyl (C=O) groups excluding carboxylic acids is 1. The van der Waals surface area contributed by atoms with Crippen LogP contribution in [0.3, 0.4) is 0 Å². The summed E-state index contributed by atoms with van der Waals surface area (Å²) < 4.78 is 15.6. The molecule has 0 aliphatic rings. The van der Waals surface area contributed by atoms with Crippen LogP contribution in [0.15, 0.2) is 48.5 Å². The Morgan fingerprint density at radius 3 is 2.50 bits per heavy atom. The van der Waals surface area contributed by atoms with E-state index in [1.807, 2.05) is 31.2 Å². The number of halogens is 2. The lowest BCUT2D eigenvalue weighted by Crippen LogP contribution is -2.13. The molecule has 0 atom stereocenters. The van der Waals surface area contributed by atoms with Crippen molar-refractivity contribution in [2.75, 3.05) is 0 Å². The second-order valence-corrected chi connectivity index (χ2v) is 7.41. The third-order valence-corrected chi connectivity index (χ3v) is 5.24. The number of amides is 1. The Bertz CT molecular complexity index is 993. The zero-order valence-electron chi connectivity index (χ0n) is 16.1. The van der Waals surface area contributed by atoms with Gasteiger partial charge in [-0.3, -0.25) is 4.79 Å². The lowest BCUT2D eigenvalue weighted by Gasteiger charge is -2.14. The fourth-order valence-electron chi connectivity index (χ4n) is 3.66. The van der Waals surface area contributed by atoms with E-state index in [2.05, 4.69) is 11.5 Å². The molecule has 0 fully saturated rings. The van der Waals surface area contributed by atoms with Crippen LogP contribution in [0.4, 0.5) is 4.39 Å². The highest BCUT2D eigenvalue weighted by molar-refractivity contribution is 6.30. The van der Waals surface area contributed by atoms with Crippen molar-refractivity contribution in [3.05, 3.63) is 81.9 Å². The predicted octanol–water partition coefficient (Wildman–Crippen LogP) is 5.75. The fourth-order valence-corrected chi connectivity index (χ4v) is 3.88. The molecule has 3 nitrogen and oxygen atoms in total. The maximum Gasteiger partial charge on any atom is 0.251 e. The summed E-state index contributed by atoms with van der Waals surface area (Å²) in [4.78, 5) is 12.3. The van der Waals surface area contributed by atoms with Crippen LogP contribution in [0.25, 0.3) is 11.1 Å². The number of nitrogens with zero attached hydrogens (tertiary/aromatic N) is 1. The van der Waals surface area contributed by atoms with E-state index in [1.165, 1.54) is 12.1 Å². The first-order chi connectivity index (χ1) is 13.4. The van der Waals surface area contributed by atoms with Crippen LogP contribution >= 0.6 is 11.6 Å². The van der Waals surface area contributed by atoms with E-state index in [0.717, 1.165) is 47.3 Å². The van der Waals surface area contributed by atoms with Crippen molar-refractivity contribution < 1.29 is 9.18 Å². The van der Waals surface area contributed by atoms with Crippen molar-refractivity contribution >= 4 is 17.5 Å². The van der Waals surface area contributed by atoms with Gasteiger partial charge in [0.2, 0.25) is 0 Å². The summed E-state index contributed by atoms with van der Waals surface area (Å²) in [5.74, 6) is -0.783. The Labute approximate surface area is 169 Å². The average molecular weight is 399 g/mol. The van der Waals surface area contributed by atoms with Gasteiger partial charge >= 0.3 is 0 Å². The van der Waals surface area contributed by atoms with E-state index in [9.17, 15) is 9.18 Å². The SMILES string of the molecule is CCCCc1c(-c2ccc(F)cc2)c(C(N)=O)c(C)n1Cc1cccc(Cl)c1. The van der Waals surface area contributed by atoms with Gasteiger partial charge in [0.25, 0.3) is 5.91 Å². The van der Waals surface area contributed by atoms with E-state index in [0.29, 0.717) is 17.1 Å². The van der Waals surface area contributed by atoms with Gasteiger partial charge in [0.1, 0.15) is 5.82 Å². The molecule has 0 saturated carbocycles. The van der Waals surface area contributed by atoms with Gasteiger partial charge in [0, 0.05) is 28.5 Å². The first-order valence-corrected chi connectivity index (χ1v) is 9.82. The third kappa shape index (κ3) is 4.12. The van der Waals surface area contributed by atoms with Gasteiger partial charge in [-0.2, -0.15) is 0 Å². The second kappa shape index (κ2) is 8.61. The second-order valence-electron chi connectivity index (χ2n) is 6.97. The van der Waals surface area contributed by atoms with Crippen molar-refractivity contribution in [1.82, 2.24) is 4.57 Å². The van der Waals surface area contributed by atoms with Crippen LogP contribution < -0.4 is 5.73 Å². The fraction of sp³-hybridized carbons (Fsp3) is 0.261. The minimum absolute atomic E-state index is 0.311. The molecule has 3 aromatic rings. The normalized spacial score (nSPS) is 11.0. The number of unbranched alkanes of at least 4 members (excludes halogenated alkanes) is 1. The molecule has 0 bridgehead atoms. The van der Waals surface area contributed by atoms with Crippen LogP contribution in [0.1, 0.15) is 47.1 Å². The lowest BCUT2D eigenvalue weighted by molar-refractivity contribution is 0.1000. The molecule has 1 heterocycles. The zero-order chi connectivity index (χ0) is 20.3. The van der Waals surface area contributed by atoms with Crippen molar-refractivity contribution in [2.45, 2.75) is 39.7 Å². The molecule has 3 rings (SSSR count). The molecular weight excluding hydrogens is 375 g/mol. The quantitative estimate of drug-likeness (QED) is 0.541. The molecule has 0 spiro atoms. The highest BCUT2D eigenvalue weighted by atomic mass is 35.5. The summed E-state index contributed by atoms with van der Waals surface area (Å²) in [6, 6.07) is 13.9. The number of primary amides is 1. The molecule has 0 aliphatic carbocycles. The Hall–Kier alpha value is -2.59. The van der Waals surface area contributed by atoms with Crippen LogP contribution in [-0.2, 0) is 13.0 Å². The minimum Gasteiger partial charge on any atom is -0.366 e. The summed E-state index contributed by atoms with van der Waals surface area (Å²) in [6.45, 7) is 4.63. The summed E-state index contributed by atoms with van der Waals surface area (Å²) in [6.07, 6.45) is 2.81. The minimum atomic E-state index is -0.473. The number of hydrogen-bond acceptors (Lipinski definition) is 1. The monoisotopic (exact) mass is 398 g/mol. The van der Waals surface area contributed by atoms with Gasteiger partial charge in [-0.15, -0.1) is 0 Å². The lowest BCUT2D eigenvalue weighted by atomic mass is 9.97. The third-order valence-electron chi connectivity index (χ3n) is 5.01. The van der Waals surface area contributed by atoms with Crippen LogP contribution in [0.2, 0.25) is 5.02 Å². The average Bonchev–Trinajstić information content (AvgIpc) is 2.93. The Kier molecular flexibility index (Phi) is 6.20. The predicted molar refractivity (Wildman–Crippen MR) is 112 cm³/mol. The summed E-state index contributed by atoms with van der Waals surface area (Å²) in [5.41, 5.74) is 10.8. The smallest absolute Gasteiger partial charge is 0.251 e. The molecule has 1 amide bonds. The van der Waals surface area contributed by atoms with Gasteiger partial charge in [-0.05, 0) is 55.2 Å². The van der Waals surface area contributed by atoms with Gasteiger partial charge in [0.15, 0.2) is 0 Å². The maximum absolute atomic E-state index is 13.5. The highest BCUT2D eigenvalue weighted by Crippen LogP contribution is 2.34. The van der Waals surface area contributed by atoms with E-state index < -0.39 is 5.91 Å². The number of rotatable bonds is 7. The number of carbonyl (C=O) groups is 1. The molecule has 0 unspecified atom stereocenters. The first-order valence-electron chi connectivity index (χ1n) is 9.44. The molecule has 1 aromatic heterocycles. The van der Waals surface area contributed by atoms with Crippen LogP contribution in [0, 0.1) is 12.7 Å². The standard InChI is InChI=1S/C23H24ClFN2O/c1-3-4-8-20-22(17-9-11-19(25)12-10-17)21(23(26)28)15(2)27(20)14-16-6-5-7-18(24)13-16/h5-7,9-13H,3-4,8,14H2,1-2H3,(H2,26,28). The van der Waals surface area contributed by atoms with Crippen molar-refractivity contribution in [3.8, 4) is 11.1 Å². The van der Waals surface area contributed by atoms with Crippen LogP contribution in [-0.4, -0.2) is 10.5 Å². The molecule has 2 aromatic carbocycles. The number of hydrogen-bond donors (Lipinski definition) is 1. The Morgan fingerprint density at radius 2 is 1.89 bits per heavy atom. The first kappa shape index (κ1) is 20.2. The largest absolute Gasteiger partial charge is 0.366 e. The molecule has 146 valence electrons. The molecule has 28 heavy (non-hydrogen) atoms. The highest BCUT2D eigenvalue weighted by Gasteiger charge is 2.24. The molecule has 0 radical (unpaired) electrons. The number of benzene rings is 2. The maximum atomic E-state index is 13.5. The molecule has 0 saturated heterocycles. The van der Waals surface area contributed by atoms with E-state index in [4.69, 9.17) is 17.3 Å². The molecular formula is C23H24ClFN2O. The van der Waals surface area contributed by atoms with E-state index >= 15 is 0 Å². The summed E-state index contributed by atoms with van der Waals surface area (Å²) >= 11 is 6.15. The zero-order valence-corrected chi connectivity index (χ0v) is 16.9. The number of nitrogens with two attached hydrogens (primary N) is 1. The van der Waals surface area contributed by atoms with E-state index in [1.54, 1.807) is 12.1 Å². The summed E-state index contributed by atoms with van der Waals surface area (Å²) in [7, 11) is 0. The van der Waals surface area contributed by atoms with Gasteiger partial charge in [-0.1, -0.05) is 49.2 Å². The van der Waals surface area contributed by atoms with Gasteiger partial charge in [-0.25, -0.2) is 4.39 Å². The van der Waals surface area contributed by atoms with Crippen molar-refractivity contribution in [2.24, 2.45) is 5.73 Å². The molecule has 5 heteroatoms. The van der Waals surface area contributed by atoms with Crippen molar-refractivity contribution in [1.29, 1.82) is 0 Å². The van der Waals surface area contributed by atoms with E-state index in [-0.39, 0.29) is 5.82 Å². The van der Waals surface area contributed by atoms with Crippen LogP contribution in [0.5, 0.6) is 0 Å². The van der Waals surface area contributed by atoms with Gasteiger partial charge < -0.3 is 10.3 Å². The summed E-state index contributed by atoms with van der Waals surface area (Å²) in [5, 5.41) is 0.673.